The molecule has 0 saturated heterocycles. The van der Waals surface area contributed by atoms with Crippen molar-refractivity contribution in [3.63, 3.8) is 0 Å². The average molecular weight is 442 g/mol. The maximum absolute atomic E-state index is 12.7. The SMILES string of the molecule is Cc1ccc(C)c(OCCn2cc(/C=C(\C#N)C(=O)NC3CCCCC3)c3ccccc32)c1. The highest BCUT2D eigenvalue weighted by Gasteiger charge is 2.19. The zero-order chi connectivity index (χ0) is 23.2. The van der Waals surface area contributed by atoms with Crippen LogP contribution in [0.1, 0.15) is 48.8 Å². The molecule has 1 saturated carbocycles. The first kappa shape index (κ1) is 22.7. The fraction of sp³-hybridized carbons (Fsp3) is 0.357. The van der Waals surface area contributed by atoms with Gasteiger partial charge in [0.15, 0.2) is 0 Å². The first-order chi connectivity index (χ1) is 16.0. The third-order valence-corrected chi connectivity index (χ3v) is 6.36. The van der Waals surface area contributed by atoms with Gasteiger partial charge in [0.05, 0.1) is 6.54 Å². The summed E-state index contributed by atoms with van der Waals surface area (Å²) in [6, 6.07) is 16.5. The number of hydrogen-bond donors (Lipinski definition) is 1. The lowest BCUT2D eigenvalue weighted by molar-refractivity contribution is -0.117. The molecule has 0 spiro atoms. The monoisotopic (exact) mass is 441 g/mol. The van der Waals surface area contributed by atoms with Crippen LogP contribution < -0.4 is 10.1 Å². The minimum Gasteiger partial charge on any atom is -0.491 e. The van der Waals surface area contributed by atoms with Gasteiger partial charge in [-0.2, -0.15) is 5.26 Å². The predicted octanol–water partition coefficient (Wildman–Crippen LogP) is 5.69. The second kappa shape index (κ2) is 10.4. The molecule has 0 radical (unpaired) electrons. The van der Waals surface area contributed by atoms with Crippen molar-refractivity contribution in [2.24, 2.45) is 0 Å². The number of ether oxygens (including phenoxy) is 1. The number of aromatic nitrogens is 1. The average Bonchev–Trinajstić information content (AvgIpc) is 3.17. The fourth-order valence-electron chi connectivity index (χ4n) is 4.51. The smallest absolute Gasteiger partial charge is 0.262 e. The van der Waals surface area contributed by atoms with Gasteiger partial charge in [0.2, 0.25) is 0 Å². The zero-order valence-electron chi connectivity index (χ0n) is 19.4. The van der Waals surface area contributed by atoms with Crippen molar-refractivity contribution in [2.45, 2.75) is 58.5 Å². The molecule has 1 aliphatic carbocycles. The van der Waals surface area contributed by atoms with Gasteiger partial charge < -0.3 is 14.6 Å². The van der Waals surface area contributed by atoms with Gasteiger partial charge in [0.25, 0.3) is 5.91 Å². The molecule has 3 aromatic rings. The van der Waals surface area contributed by atoms with Crippen LogP contribution in [-0.4, -0.2) is 23.1 Å². The molecular formula is C28H31N3O2. The Morgan fingerprint density at radius 3 is 2.76 bits per heavy atom. The molecule has 1 fully saturated rings. The number of aryl methyl sites for hydroxylation is 2. The van der Waals surface area contributed by atoms with Gasteiger partial charge in [-0.05, 0) is 56.0 Å². The summed E-state index contributed by atoms with van der Waals surface area (Å²) in [5, 5.41) is 13.7. The van der Waals surface area contributed by atoms with E-state index < -0.39 is 0 Å². The topological polar surface area (TPSA) is 67.0 Å². The van der Waals surface area contributed by atoms with Crippen molar-refractivity contribution >= 4 is 22.9 Å². The molecule has 1 aliphatic rings. The van der Waals surface area contributed by atoms with Crippen molar-refractivity contribution in [1.29, 1.82) is 5.26 Å². The standard InChI is InChI=1S/C28H31N3O2/c1-20-12-13-21(2)27(16-20)33-15-14-31-19-23(25-10-6-7-11-26(25)31)17-22(18-29)28(32)30-24-8-4-3-5-9-24/h6-7,10-13,16-17,19,24H,3-5,8-9,14-15H2,1-2H3,(H,30,32)/b22-17+. The van der Waals surface area contributed by atoms with E-state index in [4.69, 9.17) is 4.74 Å². The third-order valence-electron chi connectivity index (χ3n) is 6.36. The van der Waals surface area contributed by atoms with Crippen molar-refractivity contribution in [3.05, 3.63) is 70.9 Å². The van der Waals surface area contributed by atoms with E-state index >= 15 is 0 Å². The summed E-state index contributed by atoms with van der Waals surface area (Å²) in [4.78, 5) is 12.7. The number of nitrogens with zero attached hydrogens (tertiary/aromatic N) is 2. The van der Waals surface area contributed by atoms with E-state index in [-0.39, 0.29) is 17.5 Å². The number of carbonyl (C=O) groups is 1. The van der Waals surface area contributed by atoms with Crippen LogP contribution in [0.4, 0.5) is 0 Å². The maximum atomic E-state index is 12.7. The van der Waals surface area contributed by atoms with Crippen molar-refractivity contribution < 1.29 is 9.53 Å². The first-order valence-corrected chi connectivity index (χ1v) is 11.8. The molecule has 0 aliphatic heterocycles. The first-order valence-electron chi connectivity index (χ1n) is 11.8. The lowest BCUT2D eigenvalue weighted by Gasteiger charge is -2.22. The number of carbonyl (C=O) groups excluding carboxylic acids is 1. The van der Waals surface area contributed by atoms with Crippen molar-refractivity contribution in [3.8, 4) is 11.8 Å². The number of rotatable bonds is 7. The predicted molar refractivity (Wildman–Crippen MR) is 132 cm³/mol. The molecule has 1 aromatic heterocycles. The van der Waals surface area contributed by atoms with Crippen LogP contribution in [0.2, 0.25) is 0 Å². The van der Waals surface area contributed by atoms with E-state index in [2.05, 4.69) is 47.1 Å². The molecule has 1 amide bonds. The Labute approximate surface area is 195 Å². The maximum Gasteiger partial charge on any atom is 0.262 e. The van der Waals surface area contributed by atoms with Crippen LogP contribution in [0.3, 0.4) is 0 Å². The second-order valence-corrected chi connectivity index (χ2v) is 8.89. The molecule has 0 bridgehead atoms. The molecular weight excluding hydrogens is 410 g/mol. The summed E-state index contributed by atoms with van der Waals surface area (Å²) in [7, 11) is 0. The highest BCUT2D eigenvalue weighted by molar-refractivity contribution is 6.04. The molecule has 170 valence electrons. The van der Waals surface area contributed by atoms with Gasteiger partial charge in [0.1, 0.15) is 24.0 Å². The number of fused-ring (bicyclic) bond motifs is 1. The largest absolute Gasteiger partial charge is 0.491 e. The fourth-order valence-corrected chi connectivity index (χ4v) is 4.51. The number of nitriles is 1. The van der Waals surface area contributed by atoms with E-state index in [9.17, 15) is 10.1 Å². The summed E-state index contributed by atoms with van der Waals surface area (Å²) in [5.74, 6) is 0.622. The third kappa shape index (κ3) is 5.46. The van der Waals surface area contributed by atoms with Crippen molar-refractivity contribution in [1.82, 2.24) is 9.88 Å². The van der Waals surface area contributed by atoms with Gasteiger partial charge >= 0.3 is 0 Å². The molecule has 2 aromatic carbocycles. The van der Waals surface area contributed by atoms with Gasteiger partial charge in [-0.15, -0.1) is 0 Å². The second-order valence-electron chi connectivity index (χ2n) is 8.89. The van der Waals surface area contributed by atoms with Crippen molar-refractivity contribution in [2.75, 3.05) is 6.61 Å². The van der Waals surface area contributed by atoms with Gasteiger partial charge in [-0.1, -0.05) is 49.6 Å². The van der Waals surface area contributed by atoms with Crippen LogP contribution in [0.5, 0.6) is 5.75 Å². The highest BCUT2D eigenvalue weighted by atomic mass is 16.5. The highest BCUT2D eigenvalue weighted by Crippen LogP contribution is 2.25. The van der Waals surface area contributed by atoms with Gasteiger partial charge in [0, 0.05) is 28.7 Å². The minimum atomic E-state index is -0.278. The Morgan fingerprint density at radius 2 is 1.97 bits per heavy atom. The summed E-state index contributed by atoms with van der Waals surface area (Å²) in [5.41, 5.74) is 4.36. The van der Waals surface area contributed by atoms with Gasteiger partial charge in [-0.3, -0.25) is 4.79 Å². The molecule has 0 unspecified atom stereocenters. The van der Waals surface area contributed by atoms with Crippen LogP contribution in [0.25, 0.3) is 17.0 Å². The quantitative estimate of drug-likeness (QED) is 0.378. The number of amides is 1. The normalized spacial score (nSPS) is 14.8. The zero-order valence-corrected chi connectivity index (χ0v) is 19.4. The Morgan fingerprint density at radius 1 is 1.18 bits per heavy atom. The summed E-state index contributed by atoms with van der Waals surface area (Å²) in [6.45, 7) is 5.30. The van der Waals surface area contributed by atoms with E-state index in [0.29, 0.717) is 13.2 Å². The van der Waals surface area contributed by atoms with E-state index in [0.717, 1.165) is 53.5 Å². The molecule has 4 rings (SSSR count). The van der Waals surface area contributed by atoms with E-state index in [1.54, 1.807) is 6.08 Å². The lowest BCUT2D eigenvalue weighted by Crippen LogP contribution is -2.36. The summed E-state index contributed by atoms with van der Waals surface area (Å²) in [6.07, 6.45) is 9.18. The Kier molecular flexibility index (Phi) is 7.14. The Hall–Kier alpha value is -3.52. The summed E-state index contributed by atoms with van der Waals surface area (Å²) < 4.78 is 8.18. The van der Waals surface area contributed by atoms with Gasteiger partial charge in [-0.25, -0.2) is 0 Å². The van der Waals surface area contributed by atoms with E-state index in [1.807, 2.05) is 31.3 Å². The molecule has 5 heteroatoms. The van der Waals surface area contributed by atoms with Crippen LogP contribution >= 0.6 is 0 Å². The summed E-state index contributed by atoms with van der Waals surface area (Å²) >= 11 is 0. The van der Waals surface area contributed by atoms with Crippen LogP contribution in [0, 0.1) is 25.2 Å². The molecule has 1 N–H and O–H groups in total. The number of benzene rings is 2. The van der Waals surface area contributed by atoms with Crippen LogP contribution in [-0.2, 0) is 11.3 Å². The number of hydrogen-bond acceptors (Lipinski definition) is 3. The lowest BCUT2D eigenvalue weighted by atomic mass is 9.95. The minimum absolute atomic E-state index is 0.148. The molecule has 33 heavy (non-hydrogen) atoms. The molecule has 1 heterocycles. The van der Waals surface area contributed by atoms with E-state index in [1.165, 1.54) is 12.0 Å². The molecule has 0 atom stereocenters. The Bertz CT molecular complexity index is 1210. The number of para-hydroxylation sites is 1. The molecule has 5 nitrogen and oxygen atoms in total. The van der Waals surface area contributed by atoms with Crippen LogP contribution in [0.15, 0.2) is 54.2 Å². The number of nitrogens with one attached hydrogen (secondary N) is 1. The Balaban J connectivity index is 1.52.